The van der Waals surface area contributed by atoms with Crippen LogP contribution in [0.4, 0.5) is 23.7 Å². The Morgan fingerprint density at radius 3 is 2.53 bits per heavy atom. The number of amides is 2. The molecule has 226 valence electrons. The number of aryl methyl sites for hydroxylation is 1. The maximum Gasteiger partial charge on any atom is 0.416 e. The Labute approximate surface area is 247 Å². The number of nitrogens with one attached hydrogen (secondary N) is 1. The zero-order valence-electron chi connectivity index (χ0n) is 24.0. The number of carbonyl (C=O) groups is 2. The van der Waals surface area contributed by atoms with Crippen molar-refractivity contribution in [3.63, 3.8) is 0 Å². The molecule has 9 nitrogen and oxygen atoms in total. The minimum Gasteiger partial charge on any atom is -0.450 e. The molecule has 3 aromatic rings. The molecule has 0 radical (unpaired) electrons. The molecular weight excluding hydrogens is 561 g/mol. The predicted octanol–water partition coefficient (Wildman–Crippen LogP) is 4.86. The number of halogens is 3. The van der Waals surface area contributed by atoms with Crippen LogP contribution in [-0.2, 0) is 28.2 Å². The van der Waals surface area contributed by atoms with Crippen LogP contribution in [0.5, 0.6) is 0 Å². The van der Waals surface area contributed by atoms with Crippen molar-refractivity contribution in [2.45, 2.75) is 43.8 Å². The van der Waals surface area contributed by atoms with Crippen LogP contribution in [0.1, 0.15) is 42.9 Å². The van der Waals surface area contributed by atoms with E-state index < -0.39 is 23.2 Å². The van der Waals surface area contributed by atoms with Gasteiger partial charge >= 0.3 is 12.3 Å². The molecule has 1 N–H and O–H groups in total. The van der Waals surface area contributed by atoms with Gasteiger partial charge in [-0.1, -0.05) is 6.07 Å². The standard InChI is InChI=1S/C31H33F3N6O3/c1-3-43-29(42)40-14-10-24(20-40)37-28(41)30(23-6-8-25(36-19-23)27-5-4-13-38(27)2)11-15-39(16-12-30)26-9-7-22(31(32,33)34)17-21(26)18-35/h4-9,13,17,19,24H,3,10-12,14-16,20H2,1-2H3,(H,37,41). The average molecular weight is 595 g/mol. The number of piperidine rings is 1. The first-order valence-electron chi connectivity index (χ1n) is 14.2. The molecule has 2 amide bonds. The second-order valence-corrected chi connectivity index (χ2v) is 11.0. The number of carbonyl (C=O) groups excluding carboxylic acids is 2. The Morgan fingerprint density at radius 2 is 1.93 bits per heavy atom. The SMILES string of the molecule is CCOC(=O)N1CCC(NC(=O)C2(c3ccc(-c4cccn4C)nc3)CCN(c3ccc(C(F)(F)F)cc3C#N)CC2)C1. The summed E-state index contributed by atoms with van der Waals surface area (Å²) < 4.78 is 46.9. The molecule has 2 saturated heterocycles. The summed E-state index contributed by atoms with van der Waals surface area (Å²) >= 11 is 0. The van der Waals surface area contributed by atoms with Crippen LogP contribution < -0.4 is 10.2 Å². The lowest BCUT2D eigenvalue weighted by Crippen LogP contribution is -2.54. The van der Waals surface area contributed by atoms with Crippen LogP contribution in [0.25, 0.3) is 11.4 Å². The molecule has 2 fully saturated rings. The molecule has 0 bridgehead atoms. The van der Waals surface area contributed by atoms with Crippen LogP contribution in [0.15, 0.2) is 54.9 Å². The third-order valence-corrected chi connectivity index (χ3v) is 8.41. The third kappa shape index (κ3) is 6.02. The molecule has 12 heteroatoms. The lowest BCUT2D eigenvalue weighted by atomic mass is 9.72. The minimum atomic E-state index is -4.55. The van der Waals surface area contributed by atoms with E-state index in [1.54, 1.807) is 18.0 Å². The van der Waals surface area contributed by atoms with Crippen molar-refractivity contribution in [3.05, 3.63) is 71.5 Å². The number of benzene rings is 1. The molecule has 2 aliphatic rings. The van der Waals surface area contributed by atoms with E-state index in [0.717, 1.165) is 29.1 Å². The molecule has 0 saturated carbocycles. The van der Waals surface area contributed by atoms with Crippen LogP contribution in [0.2, 0.25) is 0 Å². The van der Waals surface area contributed by atoms with Crippen LogP contribution in [-0.4, -0.2) is 65.3 Å². The molecule has 5 rings (SSSR count). The normalized spacial score (nSPS) is 18.3. The zero-order chi connectivity index (χ0) is 30.8. The first-order chi connectivity index (χ1) is 20.6. The lowest BCUT2D eigenvalue weighted by molar-refractivity contribution is -0.137. The van der Waals surface area contributed by atoms with Gasteiger partial charge < -0.3 is 24.4 Å². The van der Waals surface area contributed by atoms with Crippen molar-refractivity contribution < 1.29 is 27.5 Å². The number of aromatic nitrogens is 2. The number of pyridine rings is 1. The first-order valence-corrected chi connectivity index (χ1v) is 14.2. The minimum absolute atomic E-state index is 0.0645. The fourth-order valence-electron chi connectivity index (χ4n) is 5.99. The Bertz CT molecular complexity index is 1520. The van der Waals surface area contributed by atoms with Gasteiger partial charge in [0.15, 0.2) is 0 Å². The van der Waals surface area contributed by atoms with Crippen molar-refractivity contribution in [1.82, 2.24) is 19.8 Å². The molecule has 1 atom stereocenters. The summed E-state index contributed by atoms with van der Waals surface area (Å²) in [5, 5.41) is 12.8. The van der Waals surface area contributed by atoms with Gasteiger partial charge in [0.2, 0.25) is 5.91 Å². The van der Waals surface area contributed by atoms with Crippen molar-refractivity contribution >= 4 is 17.7 Å². The molecule has 4 heterocycles. The molecule has 0 aliphatic carbocycles. The van der Waals surface area contributed by atoms with E-state index in [4.69, 9.17) is 4.74 Å². The molecule has 0 spiro atoms. The Hall–Kier alpha value is -4.53. The van der Waals surface area contributed by atoms with Gasteiger partial charge in [0.1, 0.15) is 6.07 Å². The smallest absolute Gasteiger partial charge is 0.416 e. The molecular formula is C31H33F3N6O3. The van der Waals surface area contributed by atoms with Gasteiger partial charge in [-0.05, 0) is 68.1 Å². The number of hydrogen-bond acceptors (Lipinski definition) is 6. The van der Waals surface area contributed by atoms with Crippen molar-refractivity contribution in [3.8, 4) is 17.5 Å². The summed E-state index contributed by atoms with van der Waals surface area (Å²) in [4.78, 5) is 34.4. The molecule has 1 unspecified atom stereocenters. The number of hydrogen-bond donors (Lipinski definition) is 1. The number of alkyl halides is 3. The Kier molecular flexibility index (Phi) is 8.35. The number of likely N-dealkylation sites (tertiary alicyclic amines) is 1. The maximum atomic E-state index is 14.1. The fourth-order valence-corrected chi connectivity index (χ4v) is 5.99. The third-order valence-electron chi connectivity index (χ3n) is 8.41. The van der Waals surface area contributed by atoms with Gasteiger partial charge in [-0.25, -0.2) is 4.79 Å². The number of anilines is 1. The fraction of sp³-hybridized carbons (Fsp3) is 0.419. The first kappa shape index (κ1) is 29.9. The Balaban J connectivity index is 1.40. The summed E-state index contributed by atoms with van der Waals surface area (Å²) in [5.74, 6) is -0.191. The average Bonchev–Trinajstić information content (AvgIpc) is 3.65. The summed E-state index contributed by atoms with van der Waals surface area (Å²) in [6.45, 7) is 3.50. The second-order valence-electron chi connectivity index (χ2n) is 11.0. The van der Waals surface area contributed by atoms with E-state index in [1.165, 1.54) is 6.07 Å². The van der Waals surface area contributed by atoms with E-state index in [0.29, 0.717) is 51.1 Å². The van der Waals surface area contributed by atoms with Gasteiger partial charge in [-0.15, -0.1) is 0 Å². The summed E-state index contributed by atoms with van der Waals surface area (Å²) in [5.41, 5.74) is 0.913. The summed E-state index contributed by atoms with van der Waals surface area (Å²) in [6, 6.07) is 12.5. The quantitative estimate of drug-likeness (QED) is 0.437. The van der Waals surface area contributed by atoms with E-state index in [1.807, 2.05) is 53.0 Å². The number of rotatable bonds is 6. The highest BCUT2D eigenvalue weighted by Crippen LogP contribution is 2.40. The zero-order valence-corrected chi connectivity index (χ0v) is 24.0. The molecule has 2 aliphatic heterocycles. The van der Waals surface area contributed by atoms with E-state index in [-0.39, 0.29) is 24.1 Å². The van der Waals surface area contributed by atoms with Crippen molar-refractivity contribution in [2.24, 2.45) is 7.05 Å². The molecule has 43 heavy (non-hydrogen) atoms. The van der Waals surface area contributed by atoms with Gasteiger partial charge in [0.05, 0.1) is 40.2 Å². The highest BCUT2D eigenvalue weighted by molar-refractivity contribution is 5.89. The molecule has 1 aromatic carbocycles. The predicted molar refractivity (Wildman–Crippen MR) is 153 cm³/mol. The number of ether oxygens (including phenoxy) is 1. The van der Waals surface area contributed by atoms with Crippen LogP contribution >= 0.6 is 0 Å². The van der Waals surface area contributed by atoms with Gasteiger partial charge in [-0.3, -0.25) is 9.78 Å². The van der Waals surface area contributed by atoms with Gasteiger partial charge in [-0.2, -0.15) is 18.4 Å². The highest BCUT2D eigenvalue weighted by atomic mass is 19.4. The second kappa shape index (κ2) is 12.0. The van der Waals surface area contributed by atoms with E-state index in [2.05, 4.69) is 10.3 Å². The Morgan fingerprint density at radius 1 is 1.16 bits per heavy atom. The van der Waals surface area contributed by atoms with Crippen LogP contribution in [0, 0.1) is 11.3 Å². The van der Waals surface area contributed by atoms with Crippen molar-refractivity contribution in [1.29, 1.82) is 5.26 Å². The molecule has 2 aromatic heterocycles. The monoisotopic (exact) mass is 594 g/mol. The largest absolute Gasteiger partial charge is 0.450 e. The highest BCUT2D eigenvalue weighted by Gasteiger charge is 2.45. The number of nitriles is 1. The van der Waals surface area contributed by atoms with Crippen molar-refractivity contribution in [2.75, 3.05) is 37.7 Å². The van der Waals surface area contributed by atoms with Gasteiger partial charge in [0.25, 0.3) is 0 Å². The lowest BCUT2D eigenvalue weighted by Gasteiger charge is -2.42. The van der Waals surface area contributed by atoms with Gasteiger partial charge in [0, 0.05) is 51.7 Å². The van der Waals surface area contributed by atoms with E-state index >= 15 is 0 Å². The maximum absolute atomic E-state index is 14.1. The summed E-state index contributed by atoms with van der Waals surface area (Å²) in [6.07, 6.45) is -0.0273. The topological polar surface area (TPSA) is 103 Å². The van der Waals surface area contributed by atoms with E-state index in [9.17, 15) is 28.0 Å². The summed E-state index contributed by atoms with van der Waals surface area (Å²) in [7, 11) is 1.92. The number of nitrogens with zero attached hydrogens (tertiary/aromatic N) is 5. The van der Waals surface area contributed by atoms with Crippen LogP contribution in [0.3, 0.4) is 0 Å².